The van der Waals surface area contributed by atoms with E-state index < -0.39 is 34.5 Å². The van der Waals surface area contributed by atoms with E-state index in [0.29, 0.717) is 5.13 Å². The average Bonchev–Trinajstić information content (AvgIpc) is 3.16. The minimum Gasteiger partial charge on any atom is -0.312 e. The van der Waals surface area contributed by atoms with Crippen molar-refractivity contribution in [3.05, 3.63) is 40.4 Å². The van der Waals surface area contributed by atoms with E-state index in [2.05, 4.69) is 10.3 Å². The number of rotatable bonds is 3. The first-order valence-corrected chi connectivity index (χ1v) is 8.39. The number of halogens is 4. The molecule has 0 spiro atoms. The lowest BCUT2D eigenvalue weighted by atomic mass is 10.1. The van der Waals surface area contributed by atoms with Crippen molar-refractivity contribution in [2.24, 2.45) is 5.92 Å². The molecule has 3 rings (SSSR count). The molecule has 1 aliphatic heterocycles. The number of nitrogens with one attached hydrogen (secondary N) is 1. The highest BCUT2D eigenvalue weighted by Crippen LogP contribution is 2.38. The quantitative estimate of drug-likeness (QED) is 0.868. The summed E-state index contributed by atoms with van der Waals surface area (Å²) >= 11 is 6.82. The summed E-state index contributed by atoms with van der Waals surface area (Å²) < 4.78 is 38.9. The molecule has 2 aromatic rings. The molecule has 0 radical (unpaired) electrons. The molecule has 1 N–H and O–H groups in total. The predicted molar refractivity (Wildman–Crippen MR) is 87.7 cm³/mol. The summed E-state index contributed by atoms with van der Waals surface area (Å²) in [6, 6.07) is 3.24. The van der Waals surface area contributed by atoms with Crippen molar-refractivity contribution in [3.8, 4) is 0 Å². The molecule has 0 saturated carbocycles. The van der Waals surface area contributed by atoms with E-state index in [9.17, 15) is 22.8 Å². The Morgan fingerprint density at radius 3 is 2.80 bits per heavy atom. The second-order valence-electron chi connectivity index (χ2n) is 5.39. The third-order valence-corrected chi connectivity index (χ3v) is 4.74. The van der Waals surface area contributed by atoms with Crippen LogP contribution in [0.1, 0.15) is 12.0 Å². The number of nitrogens with zero attached hydrogens (tertiary/aromatic N) is 2. The van der Waals surface area contributed by atoms with Gasteiger partial charge in [0.2, 0.25) is 11.8 Å². The number of alkyl halides is 3. The van der Waals surface area contributed by atoms with Gasteiger partial charge in [0.05, 0.1) is 16.5 Å². The Morgan fingerprint density at radius 2 is 2.16 bits per heavy atom. The molecule has 0 unspecified atom stereocenters. The zero-order chi connectivity index (χ0) is 18.2. The highest BCUT2D eigenvalue weighted by atomic mass is 35.5. The van der Waals surface area contributed by atoms with Crippen LogP contribution in [0.25, 0.3) is 0 Å². The molecule has 1 aromatic heterocycles. The Bertz CT molecular complexity index is 811. The van der Waals surface area contributed by atoms with Crippen LogP contribution >= 0.6 is 22.9 Å². The molecular formula is C15H11ClF3N3O2S. The third kappa shape index (κ3) is 3.77. The van der Waals surface area contributed by atoms with Gasteiger partial charge in [0.15, 0.2) is 5.13 Å². The maximum atomic E-state index is 13.0. The number of thiazole rings is 1. The minimum absolute atomic E-state index is 0.00499. The zero-order valence-electron chi connectivity index (χ0n) is 12.5. The molecule has 1 saturated heterocycles. The standard InChI is InChI=1S/C15H11ClF3N3O2S/c16-11-2-1-9(6-10(11)15(17,18)19)22-7-8(5-12(22)23)13(24)21-14-20-3-4-25-14/h1-4,6,8H,5,7H2,(H,20,21,24)/t8-/m0/s1. The highest BCUT2D eigenvalue weighted by Gasteiger charge is 2.38. The molecule has 1 fully saturated rings. The predicted octanol–water partition coefficient (Wildman–Crippen LogP) is 3.81. The average molecular weight is 390 g/mol. The number of hydrogen-bond donors (Lipinski definition) is 1. The molecule has 0 aliphatic carbocycles. The fourth-order valence-corrected chi connectivity index (χ4v) is 3.28. The van der Waals surface area contributed by atoms with Crippen LogP contribution in [-0.2, 0) is 15.8 Å². The van der Waals surface area contributed by atoms with Gasteiger partial charge in [-0.1, -0.05) is 11.6 Å². The van der Waals surface area contributed by atoms with Crippen LogP contribution in [0, 0.1) is 5.92 Å². The number of anilines is 2. The minimum atomic E-state index is -4.63. The molecule has 10 heteroatoms. The number of aromatic nitrogens is 1. The van der Waals surface area contributed by atoms with Gasteiger partial charge in [0.25, 0.3) is 0 Å². The molecule has 1 aromatic carbocycles. The number of carbonyl (C=O) groups excluding carboxylic acids is 2. The van der Waals surface area contributed by atoms with E-state index in [1.165, 1.54) is 23.6 Å². The zero-order valence-corrected chi connectivity index (χ0v) is 14.1. The van der Waals surface area contributed by atoms with Crippen LogP contribution in [0.15, 0.2) is 29.8 Å². The summed E-state index contributed by atoms with van der Waals surface area (Å²) in [7, 11) is 0. The molecule has 0 bridgehead atoms. The van der Waals surface area contributed by atoms with Gasteiger partial charge in [-0.25, -0.2) is 4.98 Å². The van der Waals surface area contributed by atoms with E-state index >= 15 is 0 Å². The van der Waals surface area contributed by atoms with E-state index in [-0.39, 0.29) is 18.7 Å². The largest absolute Gasteiger partial charge is 0.417 e. The fraction of sp³-hybridized carbons (Fsp3) is 0.267. The lowest BCUT2D eigenvalue weighted by molar-refractivity contribution is -0.137. The van der Waals surface area contributed by atoms with Gasteiger partial charge in [0, 0.05) is 30.2 Å². The summed E-state index contributed by atoms with van der Waals surface area (Å²) in [4.78, 5) is 29.4. The Morgan fingerprint density at radius 1 is 1.40 bits per heavy atom. The second-order valence-corrected chi connectivity index (χ2v) is 6.70. The van der Waals surface area contributed by atoms with Crippen LogP contribution in [0.2, 0.25) is 5.02 Å². The first-order chi connectivity index (χ1) is 11.8. The van der Waals surface area contributed by atoms with Crippen molar-refractivity contribution in [2.45, 2.75) is 12.6 Å². The van der Waals surface area contributed by atoms with E-state index in [0.717, 1.165) is 17.0 Å². The second kappa shape index (κ2) is 6.64. The van der Waals surface area contributed by atoms with Crippen LogP contribution < -0.4 is 10.2 Å². The summed E-state index contributed by atoms with van der Waals surface area (Å²) in [6.45, 7) is -0.00499. The lowest BCUT2D eigenvalue weighted by Crippen LogP contribution is -2.28. The Kier molecular flexibility index (Phi) is 4.70. The van der Waals surface area contributed by atoms with Gasteiger partial charge < -0.3 is 10.2 Å². The van der Waals surface area contributed by atoms with E-state index in [4.69, 9.17) is 11.6 Å². The van der Waals surface area contributed by atoms with Gasteiger partial charge in [0.1, 0.15) is 0 Å². The Labute approximate surface area is 149 Å². The smallest absolute Gasteiger partial charge is 0.312 e. The summed E-state index contributed by atoms with van der Waals surface area (Å²) in [6.07, 6.45) is -3.18. The van der Waals surface area contributed by atoms with Crippen molar-refractivity contribution >= 4 is 45.6 Å². The summed E-state index contributed by atoms with van der Waals surface area (Å²) in [5, 5.41) is 4.24. The van der Waals surface area contributed by atoms with Crippen LogP contribution in [0.5, 0.6) is 0 Å². The molecule has 25 heavy (non-hydrogen) atoms. The fourth-order valence-electron chi connectivity index (χ4n) is 2.52. The SMILES string of the molecule is O=C(Nc1nccs1)[C@H]1CC(=O)N(c2ccc(Cl)c(C(F)(F)F)c2)C1. The van der Waals surface area contributed by atoms with Gasteiger partial charge in [-0.15, -0.1) is 11.3 Å². The monoisotopic (exact) mass is 389 g/mol. The number of benzene rings is 1. The normalized spacial score (nSPS) is 17.8. The van der Waals surface area contributed by atoms with Crippen molar-refractivity contribution in [3.63, 3.8) is 0 Å². The van der Waals surface area contributed by atoms with Gasteiger partial charge >= 0.3 is 6.18 Å². The van der Waals surface area contributed by atoms with Gasteiger partial charge in [-0.2, -0.15) is 13.2 Å². The van der Waals surface area contributed by atoms with Gasteiger partial charge in [-0.05, 0) is 18.2 Å². The molecule has 2 amide bonds. The van der Waals surface area contributed by atoms with Crippen LogP contribution in [0.4, 0.5) is 24.0 Å². The third-order valence-electron chi connectivity index (χ3n) is 3.73. The molecular weight excluding hydrogens is 379 g/mol. The number of amides is 2. The Balaban J connectivity index is 1.78. The first kappa shape index (κ1) is 17.7. The van der Waals surface area contributed by atoms with Crippen molar-refractivity contribution < 1.29 is 22.8 Å². The summed E-state index contributed by atoms with van der Waals surface area (Å²) in [5.41, 5.74) is -0.957. The topological polar surface area (TPSA) is 62.3 Å². The first-order valence-electron chi connectivity index (χ1n) is 7.13. The van der Waals surface area contributed by atoms with Crippen LogP contribution in [0.3, 0.4) is 0 Å². The number of carbonyl (C=O) groups is 2. The highest BCUT2D eigenvalue weighted by molar-refractivity contribution is 7.13. The number of hydrogen-bond acceptors (Lipinski definition) is 4. The van der Waals surface area contributed by atoms with Crippen LogP contribution in [-0.4, -0.2) is 23.3 Å². The van der Waals surface area contributed by atoms with Gasteiger partial charge in [-0.3, -0.25) is 9.59 Å². The Hall–Kier alpha value is -2.13. The van der Waals surface area contributed by atoms with Crippen molar-refractivity contribution in [2.75, 3.05) is 16.8 Å². The maximum Gasteiger partial charge on any atom is 0.417 e. The van der Waals surface area contributed by atoms with E-state index in [1.54, 1.807) is 5.38 Å². The molecule has 2 heterocycles. The van der Waals surface area contributed by atoms with Crippen molar-refractivity contribution in [1.82, 2.24) is 4.98 Å². The molecule has 1 atom stereocenters. The molecule has 5 nitrogen and oxygen atoms in total. The summed E-state index contributed by atoms with van der Waals surface area (Å²) in [5.74, 6) is -1.48. The molecule has 1 aliphatic rings. The lowest BCUT2D eigenvalue weighted by Gasteiger charge is -2.19. The van der Waals surface area contributed by atoms with Crippen molar-refractivity contribution in [1.29, 1.82) is 0 Å². The van der Waals surface area contributed by atoms with E-state index in [1.807, 2.05) is 0 Å². The molecule has 132 valence electrons. The maximum absolute atomic E-state index is 13.0.